The fraction of sp³-hybridized carbons (Fsp3) is 0.750. The summed E-state index contributed by atoms with van der Waals surface area (Å²) >= 11 is 0. The second-order valence-electron chi connectivity index (χ2n) is 3.51. The van der Waals surface area contributed by atoms with Crippen molar-refractivity contribution in [3.63, 3.8) is 0 Å². The molecule has 0 N–H and O–H groups in total. The van der Waals surface area contributed by atoms with Crippen LogP contribution in [0.25, 0.3) is 0 Å². The van der Waals surface area contributed by atoms with Gasteiger partial charge in [-0.2, -0.15) is 0 Å². The minimum atomic E-state index is -1.92. The van der Waals surface area contributed by atoms with E-state index in [0.29, 0.717) is 6.42 Å². The van der Waals surface area contributed by atoms with Crippen molar-refractivity contribution >= 4 is 5.97 Å². The summed E-state index contributed by atoms with van der Waals surface area (Å²) in [6.07, 6.45) is 1.96. The van der Waals surface area contributed by atoms with Gasteiger partial charge in [-0.3, -0.25) is 4.79 Å². The predicted octanol–water partition coefficient (Wildman–Crippen LogP) is 2.18. The Morgan fingerprint density at radius 3 is 2.39 bits per heavy atom. The number of ether oxygens (including phenoxy) is 3. The number of alkyl halides is 2. The van der Waals surface area contributed by atoms with Gasteiger partial charge in [0.1, 0.15) is 13.3 Å². The Morgan fingerprint density at radius 1 is 1.28 bits per heavy atom. The number of carbonyl (C=O) groups is 1. The molecule has 0 aromatic rings. The smallest absolute Gasteiger partial charge is 0.308 e. The van der Waals surface area contributed by atoms with Gasteiger partial charge in [0.25, 0.3) is 0 Å². The highest BCUT2D eigenvalue weighted by Gasteiger charge is 2.32. The molecular formula is C12H20F2O4. The second-order valence-corrected chi connectivity index (χ2v) is 3.51. The first kappa shape index (κ1) is 17.0. The van der Waals surface area contributed by atoms with Crippen molar-refractivity contribution in [1.29, 1.82) is 0 Å². The van der Waals surface area contributed by atoms with Crippen LogP contribution < -0.4 is 0 Å². The minimum absolute atomic E-state index is 0.0690. The summed E-state index contributed by atoms with van der Waals surface area (Å²) in [5.41, 5.74) is 0. The van der Waals surface area contributed by atoms with Crippen LogP contribution in [0.15, 0.2) is 12.7 Å². The quantitative estimate of drug-likeness (QED) is 0.249. The number of rotatable bonds is 11. The van der Waals surface area contributed by atoms with Crippen LogP contribution >= 0.6 is 0 Å². The summed E-state index contributed by atoms with van der Waals surface area (Å²) < 4.78 is 40.2. The maximum Gasteiger partial charge on any atom is 0.308 e. The van der Waals surface area contributed by atoms with E-state index >= 15 is 0 Å². The van der Waals surface area contributed by atoms with Crippen molar-refractivity contribution in [2.75, 3.05) is 33.2 Å². The zero-order chi connectivity index (χ0) is 13.9. The maximum absolute atomic E-state index is 12.8. The molecule has 0 unspecified atom stereocenters. The molecule has 0 aromatic heterocycles. The molecule has 0 spiro atoms. The molecule has 18 heavy (non-hydrogen) atoms. The first-order chi connectivity index (χ1) is 8.64. The van der Waals surface area contributed by atoms with E-state index in [2.05, 4.69) is 11.3 Å². The molecule has 6 heteroatoms. The van der Waals surface area contributed by atoms with Gasteiger partial charge < -0.3 is 14.2 Å². The number of halogens is 2. The van der Waals surface area contributed by atoms with Crippen LogP contribution in [0.4, 0.5) is 8.78 Å². The maximum atomic E-state index is 12.8. The Balaban J connectivity index is 4.08. The average Bonchev–Trinajstić information content (AvgIpc) is 2.37. The van der Waals surface area contributed by atoms with Crippen molar-refractivity contribution in [3.05, 3.63) is 12.7 Å². The van der Waals surface area contributed by atoms with Crippen LogP contribution in [0.3, 0.4) is 0 Å². The molecule has 0 bridgehead atoms. The van der Waals surface area contributed by atoms with E-state index in [1.165, 1.54) is 0 Å². The van der Waals surface area contributed by atoms with E-state index in [1.54, 1.807) is 13.0 Å². The van der Waals surface area contributed by atoms with E-state index in [1.807, 2.05) is 0 Å². The van der Waals surface area contributed by atoms with Crippen molar-refractivity contribution in [1.82, 2.24) is 0 Å². The third kappa shape index (κ3) is 6.66. The van der Waals surface area contributed by atoms with Gasteiger partial charge in [0, 0.05) is 0 Å². The topological polar surface area (TPSA) is 44.8 Å². The molecule has 0 atom stereocenters. The van der Waals surface area contributed by atoms with Crippen LogP contribution in [0, 0.1) is 0 Å². The molecule has 0 radical (unpaired) electrons. The summed E-state index contributed by atoms with van der Waals surface area (Å²) in [5.74, 6) is -2.40. The molecule has 0 fully saturated rings. The fourth-order valence-electron chi connectivity index (χ4n) is 1.11. The highest BCUT2D eigenvalue weighted by Crippen LogP contribution is 2.16. The summed E-state index contributed by atoms with van der Waals surface area (Å²) in [4.78, 5) is 11.0. The van der Waals surface area contributed by atoms with Crippen LogP contribution in [0.5, 0.6) is 0 Å². The van der Waals surface area contributed by atoms with Gasteiger partial charge in [0.05, 0.1) is 26.2 Å². The number of hydrogen-bond acceptors (Lipinski definition) is 4. The fourth-order valence-corrected chi connectivity index (χ4v) is 1.11. The lowest BCUT2D eigenvalue weighted by Gasteiger charge is -2.28. The summed E-state index contributed by atoms with van der Waals surface area (Å²) in [6.45, 7) is 3.11. The molecule has 0 aliphatic heterocycles. The number of carbonyl (C=O) groups excluding carboxylic acids is 1. The first-order valence-electron chi connectivity index (χ1n) is 5.80. The molecule has 0 heterocycles. The van der Waals surface area contributed by atoms with Gasteiger partial charge in [0.15, 0.2) is 0 Å². The standard InChI is InChI=1S/C12H20F2O4/c1-3-5-7-17-12(9-13,10-14)18-8-6-11(15)16-4-2/h3H,1,4-10H2,2H3. The lowest BCUT2D eigenvalue weighted by atomic mass is 10.3. The Hall–Kier alpha value is -1.01. The molecule has 0 rings (SSSR count). The molecule has 0 saturated heterocycles. The molecule has 0 saturated carbocycles. The Morgan fingerprint density at radius 2 is 1.89 bits per heavy atom. The molecule has 0 aromatic carbocycles. The summed E-state index contributed by atoms with van der Waals surface area (Å²) in [7, 11) is 0. The van der Waals surface area contributed by atoms with Crippen LogP contribution in [-0.2, 0) is 19.0 Å². The van der Waals surface area contributed by atoms with E-state index in [-0.39, 0.29) is 26.2 Å². The van der Waals surface area contributed by atoms with Gasteiger partial charge >= 0.3 is 5.97 Å². The SMILES string of the molecule is C=CCCOC(CF)(CF)OCCC(=O)OCC. The molecule has 4 nitrogen and oxygen atoms in total. The average molecular weight is 266 g/mol. The third-order valence-corrected chi connectivity index (χ3v) is 2.07. The molecule has 106 valence electrons. The van der Waals surface area contributed by atoms with Crippen molar-refractivity contribution < 1.29 is 27.8 Å². The number of hydrogen-bond donors (Lipinski definition) is 0. The lowest BCUT2D eigenvalue weighted by Crippen LogP contribution is -2.41. The monoisotopic (exact) mass is 266 g/mol. The van der Waals surface area contributed by atoms with Gasteiger partial charge in [-0.1, -0.05) is 6.08 Å². The van der Waals surface area contributed by atoms with Crippen molar-refractivity contribution in [3.8, 4) is 0 Å². The van der Waals surface area contributed by atoms with Gasteiger partial charge in [0.2, 0.25) is 5.79 Å². The molecule has 0 aliphatic rings. The Labute approximate surface area is 106 Å². The zero-order valence-corrected chi connectivity index (χ0v) is 10.6. The van der Waals surface area contributed by atoms with Gasteiger partial charge in [-0.05, 0) is 13.3 Å². The van der Waals surface area contributed by atoms with E-state index in [4.69, 9.17) is 9.47 Å². The first-order valence-corrected chi connectivity index (χ1v) is 5.80. The van der Waals surface area contributed by atoms with Gasteiger partial charge in [-0.15, -0.1) is 6.58 Å². The summed E-state index contributed by atoms with van der Waals surface area (Å²) in [6, 6.07) is 0. The van der Waals surface area contributed by atoms with Crippen molar-refractivity contribution in [2.45, 2.75) is 25.6 Å². The normalized spacial score (nSPS) is 11.3. The Kier molecular flexibility index (Phi) is 9.40. The minimum Gasteiger partial charge on any atom is -0.466 e. The lowest BCUT2D eigenvalue weighted by molar-refractivity contribution is -0.251. The second kappa shape index (κ2) is 9.96. The predicted molar refractivity (Wildman–Crippen MR) is 62.6 cm³/mol. The molecule has 0 aliphatic carbocycles. The van der Waals surface area contributed by atoms with E-state index < -0.39 is 25.1 Å². The molecule has 0 amide bonds. The van der Waals surface area contributed by atoms with Crippen LogP contribution in [0.2, 0.25) is 0 Å². The largest absolute Gasteiger partial charge is 0.466 e. The van der Waals surface area contributed by atoms with E-state index in [9.17, 15) is 13.6 Å². The molecular weight excluding hydrogens is 246 g/mol. The van der Waals surface area contributed by atoms with E-state index in [0.717, 1.165) is 0 Å². The number of esters is 1. The van der Waals surface area contributed by atoms with Gasteiger partial charge in [-0.25, -0.2) is 8.78 Å². The third-order valence-electron chi connectivity index (χ3n) is 2.07. The highest BCUT2D eigenvalue weighted by atomic mass is 19.1. The van der Waals surface area contributed by atoms with Crippen molar-refractivity contribution in [2.24, 2.45) is 0 Å². The van der Waals surface area contributed by atoms with Crippen LogP contribution in [-0.4, -0.2) is 44.9 Å². The summed E-state index contributed by atoms with van der Waals surface area (Å²) in [5, 5.41) is 0. The van der Waals surface area contributed by atoms with Crippen LogP contribution in [0.1, 0.15) is 19.8 Å². The Bertz CT molecular complexity index is 242. The zero-order valence-electron chi connectivity index (χ0n) is 10.6. The highest BCUT2D eigenvalue weighted by molar-refractivity contribution is 5.69.